The highest BCUT2D eigenvalue weighted by Gasteiger charge is 2.26. The summed E-state index contributed by atoms with van der Waals surface area (Å²) in [6.07, 6.45) is 1.28. The predicted molar refractivity (Wildman–Crippen MR) is 101 cm³/mol. The van der Waals surface area contributed by atoms with E-state index in [0.29, 0.717) is 10.9 Å². The maximum absolute atomic E-state index is 12.6. The van der Waals surface area contributed by atoms with Gasteiger partial charge in [-0.25, -0.2) is 8.42 Å². The largest absolute Gasteiger partial charge is 0.341 e. The van der Waals surface area contributed by atoms with Crippen molar-refractivity contribution in [1.29, 1.82) is 5.26 Å². The number of anilines is 1. The van der Waals surface area contributed by atoms with E-state index in [9.17, 15) is 26.8 Å². The van der Waals surface area contributed by atoms with E-state index < -0.39 is 31.8 Å². The summed E-state index contributed by atoms with van der Waals surface area (Å²) in [6, 6.07) is 12.6. The molecule has 7 nitrogen and oxygen atoms in total. The smallest absolute Gasteiger partial charge is 0.336 e. The number of carbonyl (C=O) groups excluding carboxylic acids is 1. The van der Waals surface area contributed by atoms with Gasteiger partial charge >= 0.3 is 5.76 Å². The minimum Gasteiger partial charge on any atom is -0.336 e. The van der Waals surface area contributed by atoms with Crippen LogP contribution < -0.4 is 10.7 Å². The normalized spacial score (nSPS) is 11.4. The third kappa shape index (κ3) is 4.00. The summed E-state index contributed by atoms with van der Waals surface area (Å²) in [4.78, 5) is 24.0. The van der Waals surface area contributed by atoms with Crippen molar-refractivity contribution in [1.82, 2.24) is 4.57 Å². The van der Waals surface area contributed by atoms with Crippen molar-refractivity contribution < 1.29 is 22.0 Å². The first-order valence-electron chi connectivity index (χ1n) is 8.18. The minimum atomic E-state index is -4.72. The van der Waals surface area contributed by atoms with E-state index in [2.05, 4.69) is 5.32 Å². The second kappa shape index (κ2) is 7.81. The molecule has 0 saturated carbocycles. The molecule has 0 bridgehead atoms. The van der Waals surface area contributed by atoms with E-state index in [1.807, 2.05) is 0 Å². The Hall–Kier alpha value is -3.58. The SMILES string of the molecule is N#Cc1cn(CC(=O)Nc2ccc(S(=O)(=O)C(F)F)cc2)c2ccccc2c1=O. The fraction of sp³-hybridized carbons (Fsp3) is 0.105. The summed E-state index contributed by atoms with van der Waals surface area (Å²) in [6.45, 7) is -0.230. The second-order valence-electron chi connectivity index (χ2n) is 6.01. The highest BCUT2D eigenvalue weighted by molar-refractivity contribution is 7.91. The molecule has 10 heteroatoms. The third-order valence-electron chi connectivity index (χ3n) is 4.12. The zero-order chi connectivity index (χ0) is 21.2. The molecule has 0 aliphatic heterocycles. The van der Waals surface area contributed by atoms with Gasteiger partial charge in [0.15, 0.2) is 0 Å². The number of pyridine rings is 1. The molecule has 0 radical (unpaired) electrons. The number of carbonyl (C=O) groups is 1. The summed E-state index contributed by atoms with van der Waals surface area (Å²) >= 11 is 0. The number of benzene rings is 2. The molecule has 0 aliphatic carbocycles. The zero-order valence-electron chi connectivity index (χ0n) is 14.7. The molecule has 1 aromatic heterocycles. The predicted octanol–water partition coefficient (Wildman–Crippen LogP) is 2.51. The molecule has 0 atom stereocenters. The van der Waals surface area contributed by atoms with Crippen LogP contribution in [0.4, 0.5) is 14.5 Å². The Morgan fingerprint density at radius 1 is 1.14 bits per heavy atom. The van der Waals surface area contributed by atoms with Crippen LogP contribution in [0.5, 0.6) is 0 Å². The van der Waals surface area contributed by atoms with Crippen molar-refractivity contribution in [3.8, 4) is 6.07 Å². The number of nitrogens with one attached hydrogen (secondary N) is 1. The van der Waals surface area contributed by atoms with Crippen molar-refractivity contribution in [2.24, 2.45) is 0 Å². The average molecular weight is 417 g/mol. The van der Waals surface area contributed by atoms with Gasteiger partial charge in [0.1, 0.15) is 18.2 Å². The number of hydrogen-bond acceptors (Lipinski definition) is 5. The molecule has 2 aromatic carbocycles. The van der Waals surface area contributed by atoms with Gasteiger partial charge in [-0.3, -0.25) is 9.59 Å². The van der Waals surface area contributed by atoms with Crippen LogP contribution in [0.15, 0.2) is 64.4 Å². The maximum atomic E-state index is 12.6. The lowest BCUT2D eigenvalue weighted by molar-refractivity contribution is -0.116. The monoisotopic (exact) mass is 417 g/mol. The summed E-state index contributed by atoms with van der Waals surface area (Å²) < 4.78 is 49.4. The molecule has 3 rings (SSSR count). The lowest BCUT2D eigenvalue weighted by Gasteiger charge is -2.12. The first-order chi connectivity index (χ1) is 13.7. The Morgan fingerprint density at radius 3 is 2.41 bits per heavy atom. The number of nitrogens with zero attached hydrogens (tertiary/aromatic N) is 2. The summed E-state index contributed by atoms with van der Waals surface area (Å²) in [5.41, 5.74) is 0.118. The van der Waals surface area contributed by atoms with Crippen LogP contribution in [0.3, 0.4) is 0 Å². The molecule has 1 heterocycles. The molecular weight excluding hydrogens is 404 g/mol. The molecular formula is C19H13F2N3O4S. The number of amides is 1. The third-order valence-corrected chi connectivity index (χ3v) is 5.52. The highest BCUT2D eigenvalue weighted by atomic mass is 32.2. The molecule has 0 aliphatic rings. The molecule has 29 heavy (non-hydrogen) atoms. The minimum absolute atomic E-state index is 0.113. The lowest BCUT2D eigenvalue weighted by Crippen LogP contribution is -2.21. The molecule has 0 fully saturated rings. The van der Waals surface area contributed by atoms with Crippen LogP contribution in [-0.2, 0) is 21.2 Å². The Labute approximate surface area is 163 Å². The number of rotatable bonds is 5. The van der Waals surface area contributed by atoms with Crippen LogP contribution in [0.2, 0.25) is 0 Å². The number of nitriles is 1. The second-order valence-corrected chi connectivity index (χ2v) is 7.92. The van der Waals surface area contributed by atoms with Gasteiger partial charge in [0, 0.05) is 17.3 Å². The molecule has 0 unspecified atom stereocenters. The first-order valence-corrected chi connectivity index (χ1v) is 9.73. The van der Waals surface area contributed by atoms with Crippen molar-refractivity contribution in [3.63, 3.8) is 0 Å². The number of halogens is 2. The van der Waals surface area contributed by atoms with E-state index in [0.717, 1.165) is 12.1 Å². The van der Waals surface area contributed by atoms with Crippen LogP contribution >= 0.6 is 0 Å². The van der Waals surface area contributed by atoms with Gasteiger partial charge in [-0.15, -0.1) is 0 Å². The van der Waals surface area contributed by atoms with Gasteiger partial charge < -0.3 is 9.88 Å². The summed E-state index contributed by atoms with van der Waals surface area (Å²) in [5, 5.41) is 11.9. The highest BCUT2D eigenvalue weighted by Crippen LogP contribution is 2.20. The number of para-hydroxylation sites is 1. The number of sulfone groups is 1. The Kier molecular flexibility index (Phi) is 5.43. The summed E-state index contributed by atoms with van der Waals surface area (Å²) in [7, 11) is -4.72. The Morgan fingerprint density at radius 2 is 1.79 bits per heavy atom. The quantitative estimate of drug-likeness (QED) is 0.686. The van der Waals surface area contributed by atoms with E-state index in [1.54, 1.807) is 30.3 Å². The standard InChI is InChI=1S/C19H13F2N3O4S/c20-19(21)29(27,28)14-7-5-13(6-8-14)23-17(25)11-24-10-12(9-22)18(26)15-3-1-2-4-16(15)24/h1-8,10,19H,11H2,(H,23,25). The fourth-order valence-corrected chi connectivity index (χ4v) is 3.46. The number of aromatic nitrogens is 1. The first kappa shape index (κ1) is 20.2. The number of alkyl halides is 2. The Bertz CT molecular complexity index is 1290. The van der Waals surface area contributed by atoms with Gasteiger partial charge in [-0.2, -0.15) is 14.0 Å². The molecule has 1 N–H and O–H groups in total. The fourth-order valence-electron chi connectivity index (χ4n) is 2.74. The van der Waals surface area contributed by atoms with Gasteiger partial charge in [-0.1, -0.05) is 12.1 Å². The van der Waals surface area contributed by atoms with Crippen LogP contribution in [0.1, 0.15) is 5.56 Å². The van der Waals surface area contributed by atoms with Crippen molar-refractivity contribution in [3.05, 3.63) is 70.5 Å². The van der Waals surface area contributed by atoms with Crippen LogP contribution in [0.25, 0.3) is 10.9 Å². The molecule has 1 amide bonds. The topological polar surface area (TPSA) is 109 Å². The van der Waals surface area contributed by atoms with E-state index in [4.69, 9.17) is 5.26 Å². The van der Waals surface area contributed by atoms with E-state index in [-0.39, 0.29) is 17.8 Å². The van der Waals surface area contributed by atoms with Gasteiger partial charge in [0.2, 0.25) is 21.2 Å². The van der Waals surface area contributed by atoms with E-state index >= 15 is 0 Å². The van der Waals surface area contributed by atoms with Gasteiger partial charge in [0.05, 0.1) is 10.4 Å². The van der Waals surface area contributed by atoms with E-state index in [1.165, 1.54) is 22.9 Å². The zero-order valence-corrected chi connectivity index (χ0v) is 15.5. The molecule has 0 spiro atoms. The van der Waals surface area contributed by atoms with Crippen molar-refractivity contribution >= 4 is 32.3 Å². The summed E-state index contributed by atoms with van der Waals surface area (Å²) in [5.74, 6) is -4.06. The van der Waals surface area contributed by atoms with Crippen molar-refractivity contribution in [2.45, 2.75) is 17.2 Å². The van der Waals surface area contributed by atoms with Crippen LogP contribution in [0, 0.1) is 11.3 Å². The molecule has 148 valence electrons. The molecule has 3 aromatic rings. The average Bonchev–Trinajstić information content (AvgIpc) is 2.70. The number of hydrogen-bond donors (Lipinski definition) is 1. The molecule has 0 saturated heterocycles. The van der Waals surface area contributed by atoms with Crippen molar-refractivity contribution in [2.75, 3.05) is 5.32 Å². The Balaban J connectivity index is 1.84. The van der Waals surface area contributed by atoms with Gasteiger partial charge in [0.25, 0.3) is 0 Å². The number of fused-ring (bicyclic) bond motifs is 1. The maximum Gasteiger partial charge on any atom is 0.341 e. The van der Waals surface area contributed by atoms with Crippen LogP contribution in [-0.4, -0.2) is 24.6 Å². The van der Waals surface area contributed by atoms with Gasteiger partial charge in [-0.05, 0) is 36.4 Å². The lowest BCUT2D eigenvalue weighted by atomic mass is 10.1.